The number of thiazole rings is 1. The van der Waals surface area contributed by atoms with Crippen LogP contribution in [0.3, 0.4) is 0 Å². The van der Waals surface area contributed by atoms with E-state index in [9.17, 15) is 23.6 Å². The molecule has 3 amide bonds. The normalized spacial score (nSPS) is 19.3. The summed E-state index contributed by atoms with van der Waals surface area (Å²) in [5, 5.41) is 4.50. The number of imide groups is 1. The highest BCUT2D eigenvalue weighted by molar-refractivity contribution is 8.00. The summed E-state index contributed by atoms with van der Waals surface area (Å²) in [7, 11) is 0. The molecule has 4 aromatic carbocycles. The van der Waals surface area contributed by atoms with E-state index in [-0.39, 0.29) is 23.1 Å². The first-order valence-electron chi connectivity index (χ1n) is 13.4. The van der Waals surface area contributed by atoms with E-state index in [1.807, 2.05) is 42.5 Å². The number of H-pyrrole nitrogens is 1. The fourth-order valence-corrected chi connectivity index (χ4v) is 8.24. The minimum absolute atomic E-state index is 0.275. The van der Waals surface area contributed by atoms with Gasteiger partial charge in [0.25, 0.3) is 5.91 Å². The lowest BCUT2D eigenvalue weighted by Gasteiger charge is -2.30. The number of rotatable bonds is 6. The Hall–Kier alpha value is -4.74. The SMILES string of the molecule is O=C(COc1ccccc1C1c2sc(=O)[nH]c2SC2C(=O)N(c3ccc(F)cc3)C(=O)C21)Nc1cccc2ccccc12. The lowest BCUT2D eigenvalue weighted by Crippen LogP contribution is -2.32. The molecule has 1 fully saturated rings. The fourth-order valence-electron chi connectivity index (χ4n) is 5.73. The number of hydrogen-bond acceptors (Lipinski definition) is 7. The van der Waals surface area contributed by atoms with E-state index in [0.717, 1.165) is 38.8 Å². The van der Waals surface area contributed by atoms with E-state index >= 15 is 0 Å². The molecule has 1 saturated heterocycles. The Morgan fingerprint density at radius 1 is 0.907 bits per heavy atom. The number of halogens is 1. The van der Waals surface area contributed by atoms with Gasteiger partial charge in [-0.3, -0.25) is 19.2 Å². The molecule has 8 nitrogen and oxygen atoms in total. The zero-order chi connectivity index (χ0) is 29.7. The number of aromatic amines is 1. The molecule has 11 heteroatoms. The largest absolute Gasteiger partial charge is 0.483 e. The van der Waals surface area contributed by atoms with E-state index in [1.165, 1.54) is 24.3 Å². The fraction of sp³-hybridized carbons (Fsp3) is 0.125. The number of thioether (sulfide) groups is 1. The molecule has 3 atom stereocenters. The molecule has 43 heavy (non-hydrogen) atoms. The zero-order valence-electron chi connectivity index (χ0n) is 22.3. The number of aromatic nitrogens is 1. The summed E-state index contributed by atoms with van der Waals surface area (Å²) < 4.78 is 19.7. The Bertz CT molecular complexity index is 1970. The minimum Gasteiger partial charge on any atom is -0.483 e. The van der Waals surface area contributed by atoms with Crippen molar-refractivity contribution in [1.29, 1.82) is 0 Å². The van der Waals surface area contributed by atoms with Crippen molar-refractivity contribution in [2.24, 2.45) is 5.92 Å². The van der Waals surface area contributed by atoms with Crippen molar-refractivity contribution in [3.8, 4) is 5.75 Å². The Labute approximate surface area is 252 Å². The molecule has 3 heterocycles. The van der Waals surface area contributed by atoms with Gasteiger partial charge in [0.2, 0.25) is 11.8 Å². The highest BCUT2D eigenvalue weighted by Gasteiger charge is 2.56. The minimum atomic E-state index is -0.851. The summed E-state index contributed by atoms with van der Waals surface area (Å²) in [5.41, 5.74) is 1.51. The highest BCUT2D eigenvalue weighted by atomic mass is 32.2. The van der Waals surface area contributed by atoms with Gasteiger partial charge >= 0.3 is 4.87 Å². The molecular weight excluding hydrogens is 590 g/mol. The molecule has 0 bridgehead atoms. The second kappa shape index (κ2) is 10.8. The lowest BCUT2D eigenvalue weighted by atomic mass is 9.82. The monoisotopic (exact) mass is 611 g/mol. The van der Waals surface area contributed by atoms with Crippen LogP contribution in [-0.2, 0) is 14.4 Å². The summed E-state index contributed by atoms with van der Waals surface area (Å²) in [5.74, 6) is -2.93. The number of nitrogens with zero attached hydrogens (tertiary/aromatic N) is 1. The molecule has 2 N–H and O–H groups in total. The molecule has 3 unspecified atom stereocenters. The molecule has 1 aromatic heterocycles. The highest BCUT2D eigenvalue weighted by Crippen LogP contribution is 2.54. The molecule has 214 valence electrons. The molecule has 0 radical (unpaired) electrons. The number of benzene rings is 4. The van der Waals surface area contributed by atoms with Crippen LogP contribution in [0.15, 0.2) is 101 Å². The van der Waals surface area contributed by atoms with Gasteiger partial charge in [-0.15, -0.1) is 0 Å². The Kier molecular flexibility index (Phi) is 6.83. The Morgan fingerprint density at radius 3 is 2.49 bits per heavy atom. The average Bonchev–Trinajstić information content (AvgIpc) is 3.51. The summed E-state index contributed by atoms with van der Waals surface area (Å²) in [4.78, 5) is 57.2. The van der Waals surface area contributed by atoms with Gasteiger partial charge in [0.1, 0.15) is 16.8 Å². The van der Waals surface area contributed by atoms with Gasteiger partial charge in [0.15, 0.2) is 6.61 Å². The van der Waals surface area contributed by atoms with Gasteiger partial charge in [-0.05, 0) is 41.8 Å². The summed E-state index contributed by atoms with van der Waals surface area (Å²) in [6.45, 7) is -0.305. The van der Waals surface area contributed by atoms with Crippen molar-refractivity contribution in [2.45, 2.75) is 16.2 Å². The predicted molar refractivity (Wildman–Crippen MR) is 163 cm³/mol. The van der Waals surface area contributed by atoms with Crippen molar-refractivity contribution in [1.82, 2.24) is 4.98 Å². The second-order valence-electron chi connectivity index (χ2n) is 10.1. The third-order valence-electron chi connectivity index (χ3n) is 7.59. The molecule has 0 saturated carbocycles. The number of anilines is 2. The third-order valence-corrected chi connectivity index (χ3v) is 9.99. The van der Waals surface area contributed by atoms with Crippen LogP contribution in [0, 0.1) is 11.7 Å². The molecule has 0 spiro atoms. The van der Waals surface area contributed by atoms with E-state index in [1.54, 1.807) is 24.3 Å². The van der Waals surface area contributed by atoms with E-state index in [4.69, 9.17) is 4.74 Å². The van der Waals surface area contributed by atoms with Gasteiger partial charge in [0, 0.05) is 27.4 Å². The van der Waals surface area contributed by atoms with Crippen molar-refractivity contribution < 1.29 is 23.5 Å². The van der Waals surface area contributed by atoms with Crippen LogP contribution < -0.4 is 19.8 Å². The third kappa shape index (κ3) is 4.80. The van der Waals surface area contributed by atoms with E-state index < -0.39 is 34.7 Å². The first-order valence-corrected chi connectivity index (χ1v) is 15.1. The van der Waals surface area contributed by atoms with Gasteiger partial charge in [0.05, 0.1) is 16.6 Å². The topological polar surface area (TPSA) is 109 Å². The van der Waals surface area contributed by atoms with E-state index in [0.29, 0.717) is 26.9 Å². The van der Waals surface area contributed by atoms with Gasteiger partial charge in [-0.2, -0.15) is 0 Å². The predicted octanol–water partition coefficient (Wildman–Crippen LogP) is 5.54. The summed E-state index contributed by atoms with van der Waals surface area (Å²) in [6, 6.07) is 25.6. The first-order chi connectivity index (χ1) is 20.9. The van der Waals surface area contributed by atoms with Crippen LogP contribution in [0.25, 0.3) is 10.8 Å². The van der Waals surface area contributed by atoms with Crippen LogP contribution in [0.2, 0.25) is 0 Å². The number of carbonyl (C=O) groups excluding carboxylic acids is 3. The maximum Gasteiger partial charge on any atom is 0.305 e. The van der Waals surface area contributed by atoms with Crippen LogP contribution in [0.5, 0.6) is 5.75 Å². The zero-order valence-corrected chi connectivity index (χ0v) is 23.9. The number of nitrogens with one attached hydrogen (secondary N) is 2. The molecule has 2 aliphatic rings. The number of carbonyl (C=O) groups is 3. The maximum absolute atomic E-state index is 13.9. The second-order valence-corrected chi connectivity index (χ2v) is 12.3. The molecule has 7 rings (SSSR count). The van der Waals surface area contributed by atoms with Crippen LogP contribution in [0.4, 0.5) is 15.8 Å². The van der Waals surface area contributed by atoms with Gasteiger partial charge < -0.3 is 15.0 Å². The quantitative estimate of drug-likeness (QED) is 0.244. The van der Waals surface area contributed by atoms with Crippen LogP contribution in [-0.4, -0.2) is 34.6 Å². The van der Waals surface area contributed by atoms with Gasteiger partial charge in [-0.25, -0.2) is 9.29 Å². The van der Waals surface area contributed by atoms with Crippen molar-refractivity contribution in [2.75, 3.05) is 16.8 Å². The first kappa shape index (κ1) is 27.1. The van der Waals surface area contributed by atoms with Crippen molar-refractivity contribution >= 4 is 63.0 Å². The molecule has 2 aliphatic heterocycles. The maximum atomic E-state index is 13.9. The Morgan fingerprint density at radius 2 is 1.65 bits per heavy atom. The number of ether oxygens (including phenoxy) is 1. The molecule has 0 aliphatic carbocycles. The van der Waals surface area contributed by atoms with E-state index in [2.05, 4.69) is 10.3 Å². The Balaban J connectivity index is 1.21. The number of amides is 3. The standard InChI is InChI=1S/C32H22FN3O5S2/c33-18-12-14-19(15-13-18)36-30(38)26-25(27-29(35-32(40)43-27)42-28(26)31(36)39)21-9-3-4-11-23(21)41-16-24(37)34-22-10-5-7-17-6-1-2-8-20(17)22/h1-15,25-26,28H,16H2,(H,34,37)(H,35,40). The van der Waals surface area contributed by atoms with Crippen LogP contribution in [0.1, 0.15) is 16.4 Å². The van der Waals surface area contributed by atoms with Crippen molar-refractivity contribution in [3.63, 3.8) is 0 Å². The lowest BCUT2D eigenvalue weighted by molar-refractivity contribution is -0.122. The number of hydrogen-bond donors (Lipinski definition) is 2. The smallest absolute Gasteiger partial charge is 0.305 e. The molecular formula is C32H22FN3O5S2. The summed E-state index contributed by atoms with van der Waals surface area (Å²) >= 11 is 2.13. The average molecular weight is 612 g/mol. The van der Waals surface area contributed by atoms with Gasteiger partial charge in [-0.1, -0.05) is 77.7 Å². The summed E-state index contributed by atoms with van der Waals surface area (Å²) in [6.07, 6.45) is 0. The number of fused-ring (bicyclic) bond motifs is 3. The molecule has 5 aromatic rings. The number of para-hydroxylation sites is 1. The van der Waals surface area contributed by atoms with Crippen molar-refractivity contribution in [3.05, 3.63) is 117 Å². The van der Waals surface area contributed by atoms with Crippen LogP contribution >= 0.6 is 23.1 Å².